The van der Waals surface area contributed by atoms with Crippen LogP contribution in [-0.2, 0) is 27.2 Å². The molecule has 1 aliphatic heterocycles. The first-order valence-electron chi connectivity index (χ1n) is 8.43. The van der Waals surface area contributed by atoms with Gasteiger partial charge in [-0.1, -0.05) is 6.07 Å². The monoisotopic (exact) mass is 335 g/mol. The molecule has 0 aliphatic carbocycles. The molecule has 0 saturated heterocycles. The van der Waals surface area contributed by atoms with Gasteiger partial charge in [0.2, 0.25) is 6.41 Å². The molecular formula is C17H25N3O4. The minimum absolute atomic E-state index is 0.270. The van der Waals surface area contributed by atoms with Crippen LogP contribution in [0.4, 0.5) is 5.82 Å². The van der Waals surface area contributed by atoms with Crippen molar-refractivity contribution in [1.82, 2.24) is 10.3 Å². The maximum absolute atomic E-state index is 10.8. The lowest BCUT2D eigenvalue weighted by atomic mass is 10.1. The van der Waals surface area contributed by atoms with E-state index in [1.54, 1.807) is 0 Å². The number of carboxylic acids is 1. The molecular weight excluding hydrogens is 310 g/mol. The molecule has 3 N–H and O–H groups in total. The van der Waals surface area contributed by atoms with Crippen LogP contribution < -0.4 is 10.6 Å². The number of rotatable bonds is 11. The molecule has 2 heterocycles. The molecule has 1 aromatic heterocycles. The van der Waals surface area contributed by atoms with Crippen LogP contribution in [0.25, 0.3) is 0 Å². The van der Waals surface area contributed by atoms with Crippen molar-refractivity contribution in [1.29, 1.82) is 0 Å². The number of amides is 1. The van der Waals surface area contributed by atoms with Gasteiger partial charge >= 0.3 is 5.97 Å². The highest BCUT2D eigenvalue weighted by Gasteiger charge is 2.15. The van der Waals surface area contributed by atoms with E-state index in [-0.39, 0.29) is 6.42 Å². The van der Waals surface area contributed by atoms with Gasteiger partial charge in [0, 0.05) is 31.9 Å². The second kappa shape index (κ2) is 9.87. The van der Waals surface area contributed by atoms with Crippen LogP contribution in [0.3, 0.4) is 0 Å². The first-order valence-corrected chi connectivity index (χ1v) is 8.43. The van der Waals surface area contributed by atoms with Crippen LogP contribution >= 0.6 is 0 Å². The molecule has 0 radical (unpaired) electrons. The largest absolute Gasteiger partial charge is 0.480 e. The number of carbonyl (C=O) groups excluding carboxylic acids is 1. The number of carboxylic acid groups (broad SMARTS) is 1. The standard InChI is InChI=1S/C17H25N3O4/c21-12-19-15(17(22)23)8-11-24-10-2-1-5-14-7-6-13-4-3-9-18-16(13)20-14/h6-7,12,15H,1-5,8-11H2,(H,18,20)(H,19,21)(H,22,23). The molecule has 0 aromatic carbocycles. The van der Waals surface area contributed by atoms with Crippen molar-refractivity contribution >= 4 is 18.2 Å². The summed E-state index contributed by atoms with van der Waals surface area (Å²) >= 11 is 0. The van der Waals surface area contributed by atoms with Crippen molar-refractivity contribution in [3.63, 3.8) is 0 Å². The van der Waals surface area contributed by atoms with Crippen molar-refractivity contribution in [2.24, 2.45) is 0 Å². The quantitative estimate of drug-likeness (QED) is 0.417. The third-order valence-corrected chi connectivity index (χ3v) is 4.04. The molecule has 1 aromatic rings. The summed E-state index contributed by atoms with van der Waals surface area (Å²) in [5.74, 6) is -0.0183. The van der Waals surface area contributed by atoms with Crippen LogP contribution in [-0.4, -0.2) is 48.3 Å². The number of ether oxygens (including phenoxy) is 1. The summed E-state index contributed by atoms with van der Waals surface area (Å²) in [6.07, 6.45) is 5.70. The van der Waals surface area contributed by atoms with E-state index in [0.29, 0.717) is 19.6 Å². The zero-order chi connectivity index (χ0) is 17.2. The highest BCUT2D eigenvalue weighted by Crippen LogP contribution is 2.20. The van der Waals surface area contributed by atoms with E-state index in [9.17, 15) is 9.59 Å². The average molecular weight is 335 g/mol. The first kappa shape index (κ1) is 18.2. The fraction of sp³-hybridized carbons (Fsp3) is 0.588. The number of pyridine rings is 1. The van der Waals surface area contributed by atoms with E-state index in [4.69, 9.17) is 9.84 Å². The molecule has 1 aliphatic rings. The third kappa shape index (κ3) is 5.81. The van der Waals surface area contributed by atoms with Gasteiger partial charge in [-0.05, 0) is 43.7 Å². The molecule has 0 fully saturated rings. The fourth-order valence-electron chi connectivity index (χ4n) is 2.68. The van der Waals surface area contributed by atoms with Crippen LogP contribution in [0, 0.1) is 0 Å². The van der Waals surface area contributed by atoms with Gasteiger partial charge in [0.05, 0.1) is 0 Å². The lowest BCUT2D eigenvalue weighted by Crippen LogP contribution is -2.36. The lowest BCUT2D eigenvalue weighted by molar-refractivity contribution is -0.141. The van der Waals surface area contributed by atoms with Gasteiger partial charge in [0.25, 0.3) is 0 Å². The number of nitrogens with zero attached hydrogens (tertiary/aromatic N) is 1. The van der Waals surface area contributed by atoms with Gasteiger partial charge in [-0.3, -0.25) is 4.79 Å². The highest BCUT2D eigenvalue weighted by molar-refractivity contribution is 5.76. The molecule has 0 saturated carbocycles. The van der Waals surface area contributed by atoms with E-state index in [1.165, 1.54) is 5.56 Å². The Kier molecular flexibility index (Phi) is 7.48. The van der Waals surface area contributed by atoms with E-state index >= 15 is 0 Å². The molecule has 0 spiro atoms. The number of hydrogen-bond acceptors (Lipinski definition) is 5. The number of aliphatic carboxylic acids is 1. The number of hydrogen-bond donors (Lipinski definition) is 3. The summed E-state index contributed by atoms with van der Waals surface area (Å²) in [4.78, 5) is 25.8. The average Bonchev–Trinajstić information content (AvgIpc) is 2.59. The zero-order valence-electron chi connectivity index (χ0n) is 13.8. The van der Waals surface area contributed by atoms with Crippen molar-refractivity contribution in [3.8, 4) is 0 Å². The molecule has 24 heavy (non-hydrogen) atoms. The number of unbranched alkanes of at least 4 members (excludes halogenated alkanes) is 1. The van der Waals surface area contributed by atoms with Crippen LogP contribution in [0.1, 0.15) is 36.9 Å². The Morgan fingerprint density at radius 3 is 3.08 bits per heavy atom. The van der Waals surface area contributed by atoms with Crippen molar-refractivity contribution < 1.29 is 19.4 Å². The van der Waals surface area contributed by atoms with Crippen LogP contribution in [0.5, 0.6) is 0 Å². The number of anilines is 1. The van der Waals surface area contributed by atoms with E-state index < -0.39 is 12.0 Å². The number of aromatic nitrogens is 1. The summed E-state index contributed by atoms with van der Waals surface area (Å²) < 4.78 is 5.44. The summed E-state index contributed by atoms with van der Waals surface area (Å²) in [6.45, 7) is 1.89. The number of nitrogens with one attached hydrogen (secondary N) is 2. The molecule has 1 atom stereocenters. The second-order valence-corrected chi connectivity index (χ2v) is 5.87. The predicted molar refractivity (Wildman–Crippen MR) is 90.0 cm³/mol. The minimum atomic E-state index is -1.04. The fourth-order valence-corrected chi connectivity index (χ4v) is 2.68. The topological polar surface area (TPSA) is 101 Å². The van der Waals surface area contributed by atoms with Gasteiger partial charge in [-0.15, -0.1) is 0 Å². The van der Waals surface area contributed by atoms with E-state index in [1.807, 2.05) is 0 Å². The van der Waals surface area contributed by atoms with Crippen molar-refractivity contribution in [2.45, 2.75) is 44.6 Å². The predicted octanol–water partition coefficient (Wildman–Crippen LogP) is 1.37. The summed E-state index contributed by atoms with van der Waals surface area (Å²) in [5.41, 5.74) is 2.38. The van der Waals surface area contributed by atoms with Crippen LogP contribution in [0.2, 0.25) is 0 Å². The van der Waals surface area contributed by atoms with Crippen molar-refractivity contribution in [2.75, 3.05) is 25.1 Å². The molecule has 1 unspecified atom stereocenters. The normalized spacial score (nSPS) is 14.3. The van der Waals surface area contributed by atoms with Gasteiger partial charge in [0.15, 0.2) is 0 Å². The number of fused-ring (bicyclic) bond motifs is 1. The Morgan fingerprint density at radius 1 is 1.42 bits per heavy atom. The lowest BCUT2D eigenvalue weighted by Gasteiger charge is -2.17. The van der Waals surface area contributed by atoms with E-state index in [2.05, 4.69) is 27.8 Å². The molecule has 132 valence electrons. The zero-order valence-corrected chi connectivity index (χ0v) is 13.8. The van der Waals surface area contributed by atoms with Crippen molar-refractivity contribution in [3.05, 3.63) is 23.4 Å². The number of aryl methyl sites for hydroxylation is 2. The van der Waals surface area contributed by atoms with Crippen LogP contribution in [0.15, 0.2) is 12.1 Å². The van der Waals surface area contributed by atoms with Gasteiger partial charge in [-0.2, -0.15) is 0 Å². The maximum atomic E-state index is 10.8. The van der Waals surface area contributed by atoms with Gasteiger partial charge in [-0.25, -0.2) is 9.78 Å². The van der Waals surface area contributed by atoms with Gasteiger partial charge in [0.1, 0.15) is 11.9 Å². The Labute approximate surface area is 141 Å². The second-order valence-electron chi connectivity index (χ2n) is 5.87. The first-order chi connectivity index (χ1) is 11.7. The summed E-state index contributed by atoms with van der Waals surface area (Å²) in [6, 6.07) is 3.37. The van der Waals surface area contributed by atoms with Gasteiger partial charge < -0.3 is 20.5 Å². The SMILES string of the molecule is O=CNC(CCOCCCCc1ccc2c(n1)NCCC2)C(=O)O. The Hall–Kier alpha value is -2.15. The summed E-state index contributed by atoms with van der Waals surface area (Å²) in [7, 11) is 0. The molecule has 1 amide bonds. The Bertz CT molecular complexity index is 551. The summed E-state index contributed by atoms with van der Waals surface area (Å²) in [5, 5.41) is 14.5. The Morgan fingerprint density at radius 2 is 2.29 bits per heavy atom. The third-order valence-electron chi connectivity index (χ3n) is 4.04. The smallest absolute Gasteiger partial charge is 0.326 e. The highest BCUT2D eigenvalue weighted by atomic mass is 16.5. The molecule has 7 nitrogen and oxygen atoms in total. The molecule has 7 heteroatoms. The Balaban J connectivity index is 1.58. The minimum Gasteiger partial charge on any atom is -0.480 e. The van der Waals surface area contributed by atoms with E-state index in [0.717, 1.165) is 50.2 Å². The molecule has 0 bridgehead atoms. The molecule has 2 rings (SSSR count). The maximum Gasteiger partial charge on any atom is 0.326 e. The number of carbonyl (C=O) groups is 2.